The van der Waals surface area contributed by atoms with Crippen LogP contribution in [-0.4, -0.2) is 53.0 Å². The third kappa shape index (κ3) is 4.14. The van der Waals surface area contributed by atoms with Crippen molar-refractivity contribution in [2.45, 2.75) is 46.6 Å². The van der Waals surface area contributed by atoms with Crippen molar-refractivity contribution in [2.24, 2.45) is 5.92 Å². The zero-order valence-corrected chi connectivity index (χ0v) is 13.4. The van der Waals surface area contributed by atoms with Gasteiger partial charge in [0.1, 0.15) is 6.04 Å². The number of amides is 1. The van der Waals surface area contributed by atoms with Gasteiger partial charge in [-0.3, -0.25) is 9.69 Å². The second kappa shape index (κ2) is 7.80. The molecule has 0 aromatic heterocycles. The molecule has 0 aromatic rings. The molecule has 1 rings (SSSR count). The van der Waals surface area contributed by atoms with Gasteiger partial charge in [0.05, 0.1) is 0 Å². The molecular weight excluding hydrogens is 258 g/mol. The molecule has 19 heavy (non-hydrogen) atoms. The van der Waals surface area contributed by atoms with Gasteiger partial charge in [-0.25, -0.2) is 0 Å². The van der Waals surface area contributed by atoms with Gasteiger partial charge in [0, 0.05) is 6.54 Å². The summed E-state index contributed by atoms with van der Waals surface area (Å²) in [6, 6.07) is -0.119. The maximum atomic E-state index is 12.3. The number of rotatable bonds is 8. The first-order valence-corrected chi connectivity index (χ1v) is 7.80. The van der Waals surface area contributed by atoms with Gasteiger partial charge >= 0.3 is 0 Å². The Kier molecular flexibility index (Phi) is 6.72. The van der Waals surface area contributed by atoms with Gasteiger partial charge in [-0.1, -0.05) is 34.1 Å². The molecular formula is C14H27N3OS. The number of thiocarbonyl (C=S) groups is 1. The number of nitrogens with one attached hydrogen (secondary N) is 1. The van der Waals surface area contributed by atoms with Gasteiger partial charge in [0.25, 0.3) is 5.91 Å². The minimum Gasteiger partial charge on any atom is -0.350 e. The van der Waals surface area contributed by atoms with Crippen molar-refractivity contribution in [3.05, 3.63) is 0 Å². The quantitative estimate of drug-likeness (QED) is 0.690. The predicted octanol–water partition coefficient (Wildman–Crippen LogP) is 1.85. The van der Waals surface area contributed by atoms with E-state index in [1.54, 1.807) is 4.90 Å². The fourth-order valence-electron chi connectivity index (χ4n) is 2.37. The Balaban J connectivity index is 2.46. The highest BCUT2D eigenvalue weighted by Gasteiger charge is 2.37. The van der Waals surface area contributed by atoms with E-state index in [0.717, 1.165) is 39.0 Å². The lowest BCUT2D eigenvalue weighted by molar-refractivity contribution is -0.128. The van der Waals surface area contributed by atoms with Crippen LogP contribution in [0, 0.1) is 5.92 Å². The van der Waals surface area contributed by atoms with E-state index < -0.39 is 0 Å². The lowest BCUT2D eigenvalue weighted by atomic mass is 9.99. The summed E-state index contributed by atoms with van der Waals surface area (Å²) >= 11 is 5.28. The third-order valence-corrected chi connectivity index (χ3v) is 4.36. The Bertz CT molecular complexity index is 318. The van der Waals surface area contributed by atoms with E-state index in [1.165, 1.54) is 0 Å². The molecule has 4 nitrogen and oxygen atoms in total. The summed E-state index contributed by atoms with van der Waals surface area (Å²) in [5, 5.41) is 3.77. The Labute approximate surface area is 122 Å². The van der Waals surface area contributed by atoms with Crippen molar-refractivity contribution < 1.29 is 4.79 Å². The fourth-order valence-corrected chi connectivity index (χ4v) is 2.67. The molecule has 2 atom stereocenters. The fraction of sp³-hybridized carbons (Fsp3) is 0.857. The molecule has 0 bridgehead atoms. The van der Waals surface area contributed by atoms with E-state index in [0.29, 0.717) is 11.0 Å². The molecule has 1 amide bonds. The van der Waals surface area contributed by atoms with Gasteiger partial charge in [0.15, 0.2) is 5.11 Å². The zero-order valence-electron chi connectivity index (χ0n) is 12.6. The minimum absolute atomic E-state index is 0.119. The molecule has 0 saturated carbocycles. The molecule has 0 spiro atoms. The minimum atomic E-state index is -0.119. The van der Waals surface area contributed by atoms with Crippen LogP contribution in [0.25, 0.3) is 0 Å². The van der Waals surface area contributed by atoms with Gasteiger partial charge in [-0.2, -0.15) is 0 Å². The van der Waals surface area contributed by atoms with Crippen molar-refractivity contribution in [1.82, 2.24) is 15.1 Å². The first kappa shape index (κ1) is 16.4. The molecule has 5 heteroatoms. The average molecular weight is 285 g/mol. The molecule has 0 aromatic carbocycles. The lowest BCUT2D eigenvalue weighted by Crippen LogP contribution is -2.36. The van der Waals surface area contributed by atoms with Crippen LogP contribution in [0.4, 0.5) is 0 Å². The topological polar surface area (TPSA) is 35.6 Å². The average Bonchev–Trinajstić information content (AvgIpc) is 2.70. The van der Waals surface area contributed by atoms with Crippen LogP contribution in [0.5, 0.6) is 0 Å². The number of hydrogen-bond acceptors (Lipinski definition) is 3. The number of hydrogen-bond donors (Lipinski definition) is 1. The van der Waals surface area contributed by atoms with Crippen molar-refractivity contribution >= 4 is 23.2 Å². The van der Waals surface area contributed by atoms with E-state index in [-0.39, 0.29) is 11.9 Å². The number of carbonyl (C=O) groups is 1. The Morgan fingerprint density at radius 1 is 1.37 bits per heavy atom. The van der Waals surface area contributed by atoms with Crippen LogP contribution >= 0.6 is 12.2 Å². The Morgan fingerprint density at radius 2 is 2.00 bits per heavy atom. The van der Waals surface area contributed by atoms with E-state index >= 15 is 0 Å². The van der Waals surface area contributed by atoms with E-state index in [2.05, 4.69) is 37.9 Å². The summed E-state index contributed by atoms with van der Waals surface area (Å²) in [7, 11) is 0. The Hall–Kier alpha value is -0.680. The lowest BCUT2D eigenvalue weighted by Gasteiger charge is -2.20. The highest BCUT2D eigenvalue weighted by molar-refractivity contribution is 7.80. The summed E-state index contributed by atoms with van der Waals surface area (Å²) in [6.45, 7) is 12.4. The Morgan fingerprint density at radius 3 is 2.53 bits per heavy atom. The molecule has 1 fully saturated rings. The van der Waals surface area contributed by atoms with Gasteiger partial charge < -0.3 is 10.2 Å². The molecule has 1 saturated heterocycles. The summed E-state index contributed by atoms with van der Waals surface area (Å²) in [5.41, 5.74) is 0. The third-order valence-electron chi connectivity index (χ3n) is 4.02. The monoisotopic (exact) mass is 285 g/mol. The highest BCUT2D eigenvalue weighted by Crippen LogP contribution is 2.17. The molecule has 1 aliphatic heterocycles. The molecule has 2 unspecified atom stereocenters. The molecule has 1 aliphatic rings. The summed E-state index contributed by atoms with van der Waals surface area (Å²) < 4.78 is 0. The largest absolute Gasteiger partial charge is 0.350 e. The summed E-state index contributed by atoms with van der Waals surface area (Å²) in [6.07, 6.45) is 1.96. The maximum absolute atomic E-state index is 12.3. The zero-order chi connectivity index (χ0) is 14.4. The summed E-state index contributed by atoms with van der Waals surface area (Å²) in [4.78, 5) is 16.4. The maximum Gasteiger partial charge on any atom is 0.251 e. The van der Waals surface area contributed by atoms with E-state index in [4.69, 9.17) is 12.2 Å². The van der Waals surface area contributed by atoms with Crippen molar-refractivity contribution in [2.75, 3.05) is 26.2 Å². The predicted molar refractivity (Wildman–Crippen MR) is 83.1 cm³/mol. The van der Waals surface area contributed by atoms with Crippen LogP contribution in [-0.2, 0) is 4.79 Å². The van der Waals surface area contributed by atoms with Gasteiger partial charge in [-0.05, 0) is 44.2 Å². The number of carbonyl (C=O) groups excluding carboxylic acids is 1. The van der Waals surface area contributed by atoms with Crippen LogP contribution in [0.1, 0.15) is 40.5 Å². The molecule has 1 N–H and O–H groups in total. The van der Waals surface area contributed by atoms with Gasteiger partial charge in [0.2, 0.25) is 0 Å². The summed E-state index contributed by atoms with van der Waals surface area (Å²) in [5.74, 6) is 0.483. The van der Waals surface area contributed by atoms with Crippen molar-refractivity contribution in [1.29, 1.82) is 0 Å². The van der Waals surface area contributed by atoms with Crippen LogP contribution in [0.2, 0.25) is 0 Å². The van der Waals surface area contributed by atoms with Crippen molar-refractivity contribution in [3.8, 4) is 0 Å². The second-order valence-corrected chi connectivity index (χ2v) is 5.57. The normalized spacial score (nSPS) is 21.1. The van der Waals surface area contributed by atoms with E-state index in [9.17, 15) is 4.79 Å². The van der Waals surface area contributed by atoms with E-state index in [1.807, 2.05) is 0 Å². The second-order valence-electron chi connectivity index (χ2n) is 5.18. The van der Waals surface area contributed by atoms with Crippen molar-refractivity contribution in [3.63, 3.8) is 0 Å². The first-order chi connectivity index (χ1) is 9.04. The first-order valence-electron chi connectivity index (χ1n) is 7.39. The van der Waals surface area contributed by atoms with Gasteiger partial charge in [-0.15, -0.1) is 0 Å². The SMILES string of the molecule is CCC(C)C1NC(=S)N(CCCN(CC)CC)C1=O. The van der Waals surface area contributed by atoms with Crippen LogP contribution in [0.3, 0.4) is 0 Å². The molecule has 110 valence electrons. The standard InChI is InChI=1S/C14H27N3OS/c1-5-11(4)12-13(18)17(14(19)15-12)10-8-9-16(6-2)7-3/h11-12H,5-10H2,1-4H3,(H,15,19). The molecule has 0 aliphatic carbocycles. The van der Waals surface area contributed by atoms with Crippen LogP contribution < -0.4 is 5.32 Å². The van der Waals surface area contributed by atoms with Crippen LogP contribution in [0.15, 0.2) is 0 Å². The molecule has 1 heterocycles. The smallest absolute Gasteiger partial charge is 0.251 e. The molecule has 0 radical (unpaired) electrons. The number of nitrogens with zero attached hydrogens (tertiary/aromatic N) is 2. The highest BCUT2D eigenvalue weighted by atomic mass is 32.1.